The number of amides is 2. The molecule has 100 valence electrons. The summed E-state index contributed by atoms with van der Waals surface area (Å²) >= 11 is 0. The van der Waals surface area contributed by atoms with Gasteiger partial charge in [-0.1, -0.05) is 20.8 Å². The maximum atomic E-state index is 11.7. The molecular formula is C12H24N2O3. The predicted molar refractivity (Wildman–Crippen MR) is 64.1 cm³/mol. The Labute approximate surface area is 103 Å². The minimum Gasteiger partial charge on any atom is -0.498 e. The van der Waals surface area contributed by atoms with Gasteiger partial charge < -0.3 is 15.2 Å². The van der Waals surface area contributed by atoms with Gasteiger partial charge in [-0.15, -0.1) is 0 Å². The number of hydrogen-bond acceptors (Lipinski definition) is 3. The van der Waals surface area contributed by atoms with Crippen LogP contribution in [0.15, 0.2) is 0 Å². The van der Waals surface area contributed by atoms with Crippen LogP contribution < -0.4 is 10.4 Å². The van der Waals surface area contributed by atoms with Crippen LogP contribution in [0.1, 0.15) is 33.6 Å². The number of hydrogen-bond donors (Lipinski definition) is 1. The predicted octanol–water partition coefficient (Wildman–Crippen LogP) is 0.349. The van der Waals surface area contributed by atoms with Crippen LogP contribution in [0.2, 0.25) is 0 Å². The fourth-order valence-electron chi connectivity index (χ4n) is 1.17. The molecule has 0 aliphatic rings. The second kappa shape index (κ2) is 6.00. The van der Waals surface area contributed by atoms with Crippen LogP contribution in [0.4, 0.5) is 4.79 Å². The Balaban J connectivity index is 3.95. The third kappa shape index (κ3) is 5.17. The van der Waals surface area contributed by atoms with Crippen LogP contribution in [0, 0.1) is 5.41 Å². The van der Waals surface area contributed by atoms with Crippen molar-refractivity contribution in [3.05, 3.63) is 0 Å². The van der Waals surface area contributed by atoms with Crippen LogP contribution in [0.5, 0.6) is 0 Å². The van der Waals surface area contributed by atoms with Crippen molar-refractivity contribution >= 4 is 12.0 Å². The molecule has 0 spiro atoms. The standard InChI is InChI=1S/C12H24N2O3/c1-6-12(2,3)10(15)13-8-7-9-14(4,5)11(16)17/h6-9H2,1-5H3,(H-,13,15,16,17). The molecule has 0 aliphatic carbocycles. The largest absolute Gasteiger partial charge is 0.498 e. The molecule has 0 aromatic carbocycles. The third-order valence-electron chi connectivity index (χ3n) is 3.17. The fraction of sp³-hybridized carbons (Fsp3) is 0.833. The Morgan fingerprint density at radius 3 is 2.24 bits per heavy atom. The molecule has 5 heteroatoms. The van der Waals surface area contributed by atoms with E-state index in [-0.39, 0.29) is 15.8 Å². The van der Waals surface area contributed by atoms with Crippen LogP contribution in [0.3, 0.4) is 0 Å². The van der Waals surface area contributed by atoms with E-state index >= 15 is 0 Å². The minimum atomic E-state index is -1.11. The number of nitrogens with zero attached hydrogens (tertiary/aromatic N) is 1. The molecule has 0 heterocycles. The molecule has 0 radical (unpaired) electrons. The molecule has 0 saturated heterocycles. The molecule has 1 N–H and O–H groups in total. The number of carbonyl (C=O) groups excluding carboxylic acids is 2. The Morgan fingerprint density at radius 2 is 1.82 bits per heavy atom. The third-order valence-corrected chi connectivity index (χ3v) is 3.17. The highest BCUT2D eigenvalue weighted by Gasteiger charge is 2.25. The van der Waals surface area contributed by atoms with Crippen molar-refractivity contribution in [3.63, 3.8) is 0 Å². The molecule has 5 nitrogen and oxygen atoms in total. The lowest BCUT2D eigenvalue weighted by molar-refractivity contribution is -0.838. The quantitative estimate of drug-likeness (QED) is 0.541. The molecule has 17 heavy (non-hydrogen) atoms. The van der Waals surface area contributed by atoms with Crippen LogP contribution >= 0.6 is 0 Å². The van der Waals surface area contributed by atoms with Gasteiger partial charge in [0, 0.05) is 18.4 Å². The van der Waals surface area contributed by atoms with E-state index in [1.807, 2.05) is 20.8 Å². The zero-order valence-electron chi connectivity index (χ0n) is 11.5. The summed E-state index contributed by atoms with van der Waals surface area (Å²) < 4.78 is -0.187. The SMILES string of the molecule is CCC(C)(C)C(=O)NCCC[N+](C)(C)C(=O)[O-]. The molecule has 0 aliphatic heterocycles. The van der Waals surface area contributed by atoms with E-state index < -0.39 is 6.09 Å². The lowest BCUT2D eigenvalue weighted by Gasteiger charge is -2.29. The van der Waals surface area contributed by atoms with Gasteiger partial charge in [-0.3, -0.25) is 9.28 Å². The lowest BCUT2D eigenvalue weighted by atomic mass is 9.89. The zero-order chi connectivity index (χ0) is 13.7. The fourth-order valence-corrected chi connectivity index (χ4v) is 1.17. The molecule has 0 fully saturated rings. The van der Waals surface area contributed by atoms with Gasteiger partial charge in [0.2, 0.25) is 5.91 Å². The van der Waals surface area contributed by atoms with E-state index in [0.29, 0.717) is 19.5 Å². The summed E-state index contributed by atoms with van der Waals surface area (Å²) in [6.45, 7) is 6.69. The van der Waals surface area contributed by atoms with E-state index in [9.17, 15) is 14.7 Å². The van der Waals surface area contributed by atoms with Crippen molar-refractivity contribution in [1.29, 1.82) is 0 Å². The average molecular weight is 244 g/mol. The van der Waals surface area contributed by atoms with Gasteiger partial charge in [0.25, 0.3) is 6.09 Å². The van der Waals surface area contributed by atoms with Crippen molar-refractivity contribution in [2.75, 3.05) is 27.2 Å². The Bertz CT molecular complexity index is 285. The van der Waals surface area contributed by atoms with Crippen molar-refractivity contribution in [1.82, 2.24) is 5.32 Å². The first-order valence-electron chi connectivity index (χ1n) is 5.96. The molecule has 0 bridgehead atoms. The highest BCUT2D eigenvalue weighted by molar-refractivity contribution is 5.81. The highest BCUT2D eigenvalue weighted by Crippen LogP contribution is 2.19. The monoisotopic (exact) mass is 244 g/mol. The maximum absolute atomic E-state index is 11.7. The summed E-state index contributed by atoms with van der Waals surface area (Å²) in [6, 6.07) is 0. The maximum Gasteiger partial charge on any atom is 0.256 e. The van der Waals surface area contributed by atoms with Crippen molar-refractivity contribution < 1.29 is 19.2 Å². The average Bonchev–Trinajstić information content (AvgIpc) is 2.23. The summed E-state index contributed by atoms with van der Waals surface area (Å²) in [5, 5.41) is 13.6. The van der Waals surface area contributed by atoms with E-state index in [4.69, 9.17) is 0 Å². The Hall–Kier alpha value is -1.10. The minimum absolute atomic E-state index is 0.0127. The molecule has 0 saturated carbocycles. The first kappa shape index (κ1) is 15.9. The summed E-state index contributed by atoms with van der Waals surface area (Å²) in [7, 11) is 3.15. The van der Waals surface area contributed by atoms with Gasteiger partial charge in [-0.2, -0.15) is 0 Å². The molecular weight excluding hydrogens is 220 g/mol. The van der Waals surface area contributed by atoms with Crippen molar-refractivity contribution in [2.45, 2.75) is 33.6 Å². The molecule has 0 aromatic heterocycles. The summed E-state index contributed by atoms with van der Waals surface area (Å²) in [6.07, 6.45) is 0.289. The topological polar surface area (TPSA) is 69.2 Å². The molecule has 0 aromatic rings. The van der Waals surface area contributed by atoms with Crippen LogP contribution in [-0.2, 0) is 4.79 Å². The number of nitrogens with one attached hydrogen (secondary N) is 1. The van der Waals surface area contributed by atoms with E-state index in [1.54, 1.807) is 14.1 Å². The highest BCUT2D eigenvalue weighted by atomic mass is 16.4. The van der Waals surface area contributed by atoms with E-state index in [0.717, 1.165) is 6.42 Å². The molecule has 0 rings (SSSR count). The number of rotatable bonds is 6. The Morgan fingerprint density at radius 1 is 1.29 bits per heavy atom. The Kier molecular flexibility index (Phi) is 5.61. The van der Waals surface area contributed by atoms with Gasteiger partial charge in [-0.25, -0.2) is 0 Å². The summed E-state index contributed by atoms with van der Waals surface area (Å²) in [5.41, 5.74) is -0.362. The van der Waals surface area contributed by atoms with Gasteiger partial charge in [-0.05, 0) is 6.42 Å². The second-order valence-electron chi connectivity index (χ2n) is 5.52. The van der Waals surface area contributed by atoms with Crippen LogP contribution in [-0.4, -0.2) is 43.7 Å². The van der Waals surface area contributed by atoms with Crippen LogP contribution in [0.25, 0.3) is 0 Å². The number of carboxylic acid groups (broad SMARTS) is 1. The van der Waals surface area contributed by atoms with Crippen molar-refractivity contribution in [3.8, 4) is 0 Å². The van der Waals surface area contributed by atoms with Crippen molar-refractivity contribution in [2.24, 2.45) is 5.41 Å². The van der Waals surface area contributed by atoms with Gasteiger partial charge in [0.15, 0.2) is 0 Å². The van der Waals surface area contributed by atoms with Gasteiger partial charge in [0.1, 0.15) is 0 Å². The summed E-state index contributed by atoms with van der Waals surface area (Å²) in [4.78, 5) is 22.4. The second-order valence-corrected chi connectivity index (χ2v) is 5.52. The van der Waals surface area contributed by atoms with Gasteiger partial charge in [0.05, 0.1) is 20.6 Å². The summed E-state index contributed by atoms with van der Waals surface area (Å²) in [5.74, 6) is 0.0127. The first-order chi connectivity index (χ1) is 7.63. The number of quaternary nitrogens is 1. The lowest BCUT2D eigenvalue weighted by Crippen LogP contribution is -2.53. The van der Waals surface area contributed by atoms with E-state index in [2.05, 4.69) is 5.32 Å². The molecule has 0 unspecified atom stereocenters. The normalized spacial score (nSPS) is 12.3. The van der Waals surface area contributed by atoms with E-state index in [1.165, 1.54) is 0 Å². The molecule has 2 amide bonds. The molecule has 0 atom stereocenters. The smallest absolute Gasteiger partial charge is 0.256 e. The van der Waals surface area contributed by atoms with Gasteiger partial charge >= 0.3 is 0 Å². The first-order valence-corrected chi connectivity index (χ1v) is 5.96. The zero-order valence-corrected chi connectivity index (χ0v) is 11.5. The number of carbonyl (C=O) groups is 2.